The van der Waals surface area contributed by atoms with Crippen LogP contribution in [0.3, 0.4) is 0 Å². The van der Waals surface area contributed by atoms with E-state index in [2.05, 4.69) is 21.8 Å². The highest BCUT2D eigenvalue weighted by Gasteiger charge is 2.13. The molecule has 5 nitrogen and oxygen atoms in total. The van der Waals surface area contributed by atoms with Crippen LogP contribution in [0.1, 0.15) is 26.7 Å². The quantitative estimate of drug-likeness (QED) is 0.171. The van der Waals surface area contributed by atoms with E-state index >= 15 is 0 Å². The fourth-order valence-electron chi connectivity index (χ4n) is 1.55. The fraction of sp³-hybridized carbons (Fsp3) is 0.714. The number of esters is 1. The molecule has 0 rings (SSSR count). The monoisotopic (exact) mass is 397 g/mol. The Hall–Kier alpha value is -0.790. The summed E-state index contributed by atoms with van der Waals surface area (Å²) in [7, 11) is 3.39. The van der Waals surface area contributed by atoms with Crippen molar-refractivity contribution in [2.24, 2.45) is 10.9 Å². The van der Waals surface area contributed by atoms with Gasteiger partial charge in [-0.3, -0.25) is 9.79 Å². The van der Waals surface area contributed by atoms with Gasteiger partial charge >= 0.3 is 5.97 Å². The molecule has 0 aliphatic rings. The van der Waals surface area contributed by atoms with Crippen molar-refractivity contribution in [2.45, 2.75) is 26.7 Å². The van der Waals surface area contributed by atoms with Gasteiger partial charge in [0, 0.05) is 20.1 Å². The number of unbranched alkanes of at least 4 members (excludes halogenated alkanes) is 1. The van der Waals surface area contributed by atoms with Gasteiger partial charge in [-0.15, -0.1) is 30.6 Å². The summed E-state index contributed by atoms with van der Waals surface area (Å²) < 4.78 is 4.69. The van der Waals surface area contributed by atoms with Crippen molar-refractivity contribution in [1.29, 1.82) is 0 Å². The molecule has 0 bridgehead atoms. The van der Waals surface area contributed by atoms with Crippen LogP contribution >= 0.6 is 24.0 Å². The number of hydrogen-bond acceptors (Lipinski definition) is 3. The number of guanidine groups is 1. The van der Waals surface area contributed by atoms with Crippen molar-refractivity contribution < 1.29 is 9.53 Å². The maximum atomic E-state index is 11.3. The van der Waals surface area contributed by atoms with Crippen LogP contribution in [-0.4, -0.2) is 50.6 Å². The third kappa shape index (κ3) is 9.17. The predicted octanol–water partition coefficient (Wildman–Crippen LogP) is 2.28. The molecule has 0 aromatic rings. The maximum absolute atomic E-state index is 11.3. The summed E-state index contributed by atoms with van der Waals surface area (Å²) in [6.07, 6.45) is 3.94. The lowest BCUT2D eigenvalue weighted by Gasteiger charge is -2.22. The molecular formula is C14H28IN3O2. The molecular weight excluding hydrogens is 369 g/mol. The second kappa shape index (κ2) is 13.2. The first-order valence-electron chi connectivity index (χ1n) is 6.74. The fourth-order valence-corrected chi connectivity index (χ4v) is 1.55. The van der Waals surface area contributed by atoms with Gasteiger partial charge in [0.05, 0.1) is 19.6 Å². The lowest BCUT2D eigenvalue weighted by atomic mass is 10.2. The Balaban J connectivity index is 0. The van der Waals surface area contributed by atoms with Crippen LogP contribution < -0.4 is 5.32 Å². The lowest BCUT2D eigenvalue weighted by Crippen LogP contribution is -2.39. The van der Waals surface area contributed by atoms with E-state index in [-0.39, 0.29) is 35.9 Å². The van der Waals surface area contributed by atoms with Crippen LogP contribution in [0.25, 0.3) is 0 Å². The molecule has 0 amide bonds. The Morgan fingerprint density at radius 3 is 2.70 bits per heavy atom. The van der Waals surface area contributed by atoms with Gasteiger partial charge < -0.3 is 15.0 Å². The molecule has 0 heterocycles. The Bertz CT molecular complexity index is 309. The molecule has 1 atom stereocenters. The number of hydrogen-bond donors (Lipinski definition) is 1. The van der Waals surface area contributed by atoms with Crippen molar-refractivity contribution in [2.75, 3.05) is 33.8 Å². The molecule has 20 heavy (non-hydrogen) atoms. The minimum atomic E-state index is -0.228. The second-order valence-corrected chi connectivity index (χ2v) is 4.47. The summed E-state index contributed by atoms with van der Waals surface area (Å²) in [5.41, 5.74) is 0. The molecule has 0 aliphatic carbocycles. The van der Waals surface area contributed by atoms with Gasteiger partial charge in [0.15, 0.2) is 5.96 Å². The second-order valence-electron chi connectivity index (χ2n) is 4.47. The Labute approximate surface area is 139 Å². The van der Waals surface area contributed by atoms with Gasteiger partial charge in [0.25, 0.3) is 0 Å². The van der Waals surface area contributed by atoms with Crippen molar-refractivity contribution in [3.05, 3.63) is 12.7 Å². The molecule has 0 radical (unpaired) electrons. The number of carbonyl (C=O) groups is 1. The van der Waals surface area contributed by atoms with E-state index in [1.807, 2.05) is 27.0 Å². The highest BCUT2D eigenvalue weighted by atomic mass is 127. The van der Waals surface area contributed by atoms with Crippen LogP contribution in [0.2, 0.25) is 0 Å². The zero-order chi connectivity index (χ0) is 14.7. The Morgan fingerprint density at radius 2 is 2.20 bits per heavy atom. The number of halogens is 1. The van der Waals surface area contributed by atoms with Crippen molar-refractivity contribution in [3.63, 3.8) is 0 Å². The molecule has 0 fully saturated rings. The van der Waals surface area contributed by atoms with Crippen molar-refractivity contribution in [3.8, 4) is 0 Å². The molecule has 0 aromatic heterocycles. The molecule has 1 N–H and O–H groups in total. The molecule has 6 heteroatoms. The standard InChI is InChI=1S/C14H27N3O2.HI/c1-6-8-9-10-17(4)14(15-7-2)16-11-12(3)13(18)19-5;/h6,12H,1,7-11H2,2-5H3,(H,15,16);1H. The van der Waals surface area contributed by atoms with Crippen molar-refractivity contribution >= 4 is 35.9 Å². The van der Waals surface area contributed by atoms with E-state index < -0.39 is 0 Å². The average molecular weight is 397 g/mol. The van der Waals surface area contributed by atoms with Crippen LogP contribution in [-0.2, 0) is 9.53 Å². The third-order valence-corrected chi connectivity index (χ3v) is 2.72. The van der Waals surface area contributed by atoms with E-state index in [1.165, 1.54) is 7.11 Å². The lowest BCUT2D eigenvalue weighted by molar-refractivity contribution is -0.144. The number of ether oxygens (including phenoxy) is 1. The van der Waals surface area contributed by atoms with Crippen LogP contribution in [0.15, 0.2) is 17.6 Å². The topological polar surface area (TPSA) is 53.9 Å². The highest BCUT2D eigenvalue weighted by molar-refractivity contribution is 14.0. The van der Waals surface area contributed by atoms with Gasteiger partial charge in [-0.05, 0) is 19.8 Å². The summed E-state index contributed by atoms with van der Waals surface area (Å²) in [6.45, 7) is 9.69. The van der Waals surface area contributed by atoms with Gasteiger partial charge in [-0.1, -0.05) is 13.0 Å². The number of nitrogens with one attached hydrogen (secondary N) is 1. The highest BCUT2D eigenvalue weighted by Crippen LogP contribution is 2.00. The first kappa shape index (κ1) is 21.5. The van der Waals surface area contributed by atoms with Crippen LogP contribution in [0, 0.1) is 5.92 Å². The first-order chi connectivity index (χ1) is 9.06. The summed E-state index contributed by atoms with van der Waals surface area (Å²) >= 11 is 0. The van der Waals surface area contributed by atoms with Gasteiger partial charge in [0.1, 0.15) is 0 Å². The largest absolute Gasteiger partial charge is 0.469 e. The minimum Gasteiger partial charge on any atom is -0.469 e. The molecule has 0 spiro atoms. The zero-order valence-electron chi connectivity index (χ0n) is 13.0. The van der Waals surface area contributed by atoms with E-state index in [4.69, 9.17) is 4.74 Å². The maximum Gasteiger partial charge on any atom is 0.310 e. The molecule has 118 valence electrons. The number of nitrogens with zero attached hydrogens (tertiary/aromatic N) is 2. The number of aliphatic imine (C=N–C) groups is 1. The Kier molecular flexibility index (Phi) is 14.2. The van der Waals surface area contributed by atoms with Crippen LogP contribution in [0.5, 0.6) is 0 Å². The zero-order valence-corrected chi connectivity index (χ0v) is 15.3. The summed E-state index contributed by atoms with van der Waals surface area (Å²) in [5.74, 6) is 0.372. The van der Waals surface area contributed by atoms with E-state index in [9.17, 15) is 4.79 Å². The third-order valence-electron chi connectivity index (χ3n) is 2.72. The molecule has 0 aliphatic heterocycles. The Morgan fingerprint density at radius 1 is 1.55 bits per heavy atom. The number of rotatable bonds is 8. The number of allylic oxidation sites excluding steroid dienone is 1. The average Bonchev–Trinajstić information content (AvgIpc) is 2.42. The molecule has 0 saturated heterocycles. The molecule has 0 aromatic carbocycles. The van der Waals surface area contributed by atoms with E-state index in [1.54, 1.807) is 0 Å². The smallest absolute Gasteiger partial charge is 0.310 e. The SMILES string of the molecule is C=CCCCN(C)C(=NCC(C)C(=O)OC)NCC.I. The normalized spacial score (nSPS) is 12.1. The van der Waals surface area contributed by atoms with Gasteiger partial charge in [-0.2, -0.15) is 0 Å². The molecule has 1 unspecified atom stereocenters. The molecule has 0 saturated carbocycles. The van der Waals surface area contributed by atoms with E-state index in [0.29, 0.717) is 6.54 Å². The minimum absolute atomic E-state index is 0. The number of methoxy groups -OCH3 is 1. The van der Waals surface area contributed by atoms with Gasteiger partial charge in [0.2, 0.25) is 0 Å². The summed E-state index contributed by atoms with van der Waals surface area (Å²) in [6, 6.07) is 0. The summed E-state index contributed by atoms with van der Waals surface area (Å²) in [5, 5.41) is 3.22. The predicted molar refractivity (Wildman–Crippen MR) is 94.6 cm³/mol. The van der Waals surface area contributed by atoms with Gasteiger partial charge in [-0.25, -0.2) is 0 Å². The number of carbonyl (C=O) groups excluding carboxylic acids is 1. The van der Waals surface area contributed by atoms with Crippen molar-refractivity contribution in [1.82, 2.24) is 10.2 Å². The van der Waals surface area contributed by atoms with Crippen LogP contribution in [0.4, 0.5) is 0 Å². The first-order valence-corrected chi connectivity index (χ1v) is 6.74. The summed E-state index contributed by atoms with van der Waals surface area (Å²) in [4.78, 5) is 17.9. The van der Waals surface area contributed by atoms with E-state index in [0.717, 1.165) is 31.9 Å².